The molecule has 1 aliphatic heterocycles. The van der Waals surface area contributed by atoms with Crippen LogP contribution in [0.15, 0.2) is 30.9 Å². The van der Waals surface area contributed by atoms with E-state index in [2.05, 4.69) is 24.1 Å². The van der Waals surface area contributed by atoms with Gasteiger partial charge in [-0.1, -0.05) is 12.1 Å². The molecule has 1 saturated heterocycles. The van der Waals surface area contributed by atoms with Gasteiger partial charge >= 0.3 is 0 Å². The second kappa shape index (κ2) is 8.58. The van der Waals surface area contributed by atoms with Crippen molar-refractivity contribution >= 4 is 5.91 Å². The Labute approximate surface area is 138 Å². The summed E-state index contributed by atoms with van der Waals surface area (Å²) in [5.74, 6) is 1.10. The van der Waals surface area contributed by atoms with Gasteiger partial charge in [-0.05, 0) is 50.4 Å². The monoisotopic (exact) mass is 318 g/mol. The van der Waals surface area contributed by atoms with Crippen molar-refractivity contribution in [2.75, 3.05) is 20.3 Å². The third kappa shape index (κ3) is 4.99. The fraction of sp³-hybridized carbons (Fsp3) is 0.500. The summed E-state index contributed by atoms with van der Waals surface area (Å²) in [5, 5.41) is 6.39. The van der Waals surface area contributed by atoms with Crippen molar-refractivity contribution in [1.82, 2.24) is 10.6 Å². The van der Waals surface area contributed by atoms with E-state index in [1.807, 2.05) is 24.3 Å². The molecule has 23 heavy (non-hydrogen) atoms. The summed E-state index contributed by atoms with van der Waals surface area (Å²) in [4.78, 5) is 12.1. The first kappa shape index (κ1) is 17.3. The van der Waals surface area contributed by atoms with Crippen LogP contribution in [0.4, 0.5) is 0 Å². The summed E-state index contributed by atoms with van der Waals surface area (Å²) in [6.07, 6.45) is 4.68. The predicted octanol–water partition coefficient (Wildman–Crippen LogP) is 2.06. The minimum absolute atomic E-state index is 0.0135. The minimum atomic E-state index is -0.109. The molecule has 1 heterocycles. The summed E-state index contributed by atoms with van der Waals surface area (Å²) >= 11 is 0. The molecule has 5 heteroatoms. The highest BCUT2D eigenvalue weighted by atomic mass is 16.5. The molecular formula is C18H26N2O3. The number of carbonyl (C=O) groups excluding carboxylic acids is 1. The molecule has 0 radical (unpaired) electrons. The maximum Gasteiger partial charge on any atom is 0.258 e. The smallest absolute Gasteiger partial charge is 0.258 e. The SMILES string of the molecule is C=CCc1ccc(OCC(=O)NC2CCCNC2C)c(OC)c1. The summed E-state index contributed by atoms with van der Waals surface area (Å²) in [6.45, 7) is 6.81. The van der Waals surface area contributed by atoms with Gasteiger partial charge in [0, 0.05) is 12.1 Å². The van der Waals surface area contributed by atoms with E-state index in [4.69, 9.17) is 9.47 Å². The Bertz CT molecular complexity index is 545. The largest absolute Gasteiger partial charge is 0.493 e. The van der Waals surface area contributed by atoms with Crippen molar-refractivity contribution in [3.63, 3.8) is 0 Å². The van der Waals surface area contributed by atoms with Gasteiger partial charge in [0.2, 0.25) is 0 Å². The lowest BCUT2D eigenvalue weighted by Gasteiger charge is -2.30. The Morgan fingerprint density at radius 3 is 3.00 bits per heavy atom. The van der Waals surface area contributed by atoms with E-state index in [1.165, 1.54) is 0 Å². The van der Waals surface area contributed by atoms with Gasteiger partial charge in [0.15, 0.2) is 18.1 Å². The van der Waals surface area contributed by atoms with E-state index in [0.29, 0.717) is 17.5 Å². The molecule has 5 nitrogen and oxygen atoms in total. The molecule has 0 aliphatic carbocycles. The van der Waals surface area contributed by atoms with E-state index >= 15 is 0 Å². The zero-order chi connectivity index (χ0) is 16.7. The van der Waals surface area contributed by atoms with Gasteiger partial charge in [-0.3, -0.25) is 4.79 Å². The number of hydrogen-bond donors (Lipinski definition) is 2. The molecule has 2 unspecified atom stereocenters. The number of amides is 1. The Hall–Kier alpha value is -2.01. The molecule has 2 N–H and O–H groups in total. The van der Waals surface area contributed by atoms with Gasteiger partial charge in [0.25, 0.3) is 5.91 Å². The van der Waals surface area contributed by atoms with Gasteiger partial charge in [0.05, 0.1) is 7.11 Å². The van der Waals surface area contributed by atoms with Gasteiger partial charge in [-0.15, -0.1) is 6.58 Å². The predicted molar refractivity (Wildman–Crippen MR) is 91.0 cm³/mol. The third-order valence-corrected chi connectivity index (χ3v) is 4.07. The number of allylic oxidation sites excluding steroid dienone is 1. The van der Waals surface area contributed by atoms with Crippen LogP contribution in [0, 0.1) is 0 Å². The summed E-state index contributed by atoms with van der Waals surface area (Å²) in [6, 6.07) is 6.14. The Morgan fingerprint density at radius 2 is 2.30 bits per heavy atom. The van der Waals surface area contributed by atoms with Crippen molar-refractivity contribution in [2.24, 2.45) is 0 Å². The zero-order valence-corrected chi connectivity index (χ0v) is 13.9. The third-order valence-electron chi connectivity index (χ3n) is 4.07. The van der Waals surface area contributed by atoms with Crippen LogP contribution in [0.3, 0.4) is 0 Å². The van der Waals surface area contributed by atoms with Crippen LogP contribution in [0.25, 0.3) is 0 Å². The van der Waals surface area contributed by atoms with Crippen LogP contribution in [-0.4, -0.2) is 38.3 Å². The molecular weight excluding hydrogens is 292 g/mol. The highest BCUT2D eigenvalue weighted by molar-refractivity contribution is 5.78. The highest BCUT2D eigenvalue weighted by Crippen LogP contribution is 2.28. The Kier molecular flexibility index (Phi) is 6.47. The number of rotatable bonds is 7. The fourth-order valence-electron chi connectivity index (χ4n) is 2.76. The Morgan fingerprint density at radius 1 is 1.48 bits per heavy atom. The molecule has 126 valence electrons. The van der Waals surface area contributed by atoms with Crippen LogP contribution in [0.5, 0.6) is 11.5 Å². The van der Waals surface area contributed by atoms with Gasteiger partial charge in [-0.2, -0.15) is 0 Å². The number of hydrogen-bond acceptors (Lipinski definition) is 4. The quantitative estimate of drug-likeness (QED) is 0.756. The van der Waals surface area contributed by atoms with Crippen LogP contribution < -0.4 is 20.1 Å². The van der Waals surface area contributed by atoms with E-state index in [9.17, 15) is 4.79 Å². The zero-order valence-electron chi connectivity index (χ0n) is 13.9. The number of nitrogens with one attached hydrogen (secondary N) is 2. The topological polar surface area (TPSA) is 59.6 Å². The molecule has 0 spiro atoms. The first-order valence-corrected chi connectivity index (χ1v) is 8.07. The van der Waals surface area contributed by atoms with Gasteiger partial charge in [-0.25, -0.2) is 0 Å². The number of benzene rings is 1. The summed E-state index contributed by atoms with van der Waals surface area (Å²) in [5.41, 5.74) is 1.09. The molecule has 1 aliphatic rings. The number of carbonyl (C=O) groups is 1. The van der Waals surface area contributed by atoms with Crippen molar-refractivity contribution in [2.45, 2.75) is 38.3 Å². The molecule has 1 fully saturated rings. The standard InChI is InChI=1S/C18H26N2O3/c1-4-6-14-8-9-16(17(11-14)22-3)23-12-18(21)20-15-7-5-10-19-13(15)2/h4,8-9,11,13,15,19H,1,5-7,10,12H2,2-3H3,(H,20,21). The lowest BCUT2D eigenvalue weighted by atomic mass is 10.00. The molecule has 1 aromatic rings. The van der Waals surface area contributed by atoms with Crippen molar-refractivity contribution in [3.05, 3.63) is 36.4 Å². The summed E-state index contributed by atoms with van der Waals surface area (Å²) in [7, 11) is 1.59. The lowest BCUT2D eigenvalue weighted by Crippen LogP contribution is -2.52. The number of piperidine rings is 1. The first-order valence-electron chi connectivity index (χ1n) is 8.07. The molecule has 1 aromatic carbocycles. The van der Waals surface area contributed by atoms with Crippen molar-refractivity contribution < 1.29 is 14.3 Å². The van der Waals surface area contributed by atoms with Crippen LogP contribution in [0.1, 0.15) is 25.3 Å². The van der Waals surface area contributed by atoms with E-state index in [-0.39, 0.29) is 18.6 Å². The van der Waals surface area contributed by atoms with Crippen molar-refractivity contribution in [3.8, 4) is 11.5 Å². The molecule has 1 amide bonds. The van der Waals surface area contributed by atoms with Gasteiger partial charge < -0.3 is 20.1 Å². The average Bonchev–Trinajstić information content (AvgIpc) is 2.56. The molecule has 0 saturated carbocycles. The van der Waals surface area contributed by atoms with Crippen LogP contribution >= 0.6 is 0 Å². The maximum absolute atomic E-state index is 12.1. The van der Waals surface area contributed by atoms with Crippen LogP contribution in [0.2, 0.25) is 0 Å². The number of methoxy groups -OCH3 is 1. The lowest BCUT2D eigenvalue weighted by molar-refractivity contribution is -0.124. The van der Waals surface area contributed by atoms with Crippen LogP contribution in [-0.2, 0) is 11.2 Å². The molecule has 2 rings (SSSR count). The normalized spacial score (nSPS) is 20.6. The minimum Gasteiger partial charge on any atom is -0.493 e. The number of ether oxygens (including phenoxy) is 2. The maximum atomic E-state index is 12.1. The molecule has 0 bridgehead atoms. The molecule has 0 aromatic heterocycles. The first-order chi connectivity index (χ1) is 11.1. The fourth-order valence-corrected chi connectivity index (χ4v) is 2.76. The second-order valence-corrected chi connectivity index (χ2v) is 5.83. The Balaban J connectivity index is 1.89. The van der Waals surface area contributed by atoms with E-state index < -0.39 is 0 Å². The van der Waals surface area contributed by atoms with Gasteiger partial charge in [0.1, 0.15) is 0 Å². The second-order valence-electron chi connectivity index (χ2n) is 5.83. The van der Waals surface area contributed by atoms with Crippen molar-refractivity contribution in [1.29, 1.82) is 0 Å². The molecule has 2 atom stereocenters. The van der Waals surface area contributed by atoms with E-state index in [0.717, 1.165) is 31.4 Å². The average molecular weight is 318 g/mol. The van der Waals surface area contributed by atoms with E-state index in [1.54, 1.807) is 7.11 Å². The summed E-state index contributed by atoms with van der Waals surface area (Å²) < 4.78 is 10.9. The highest BCUT2D eigenvalue weighted by Gasteiger charge is 2.22.